The Morgan fingerprint density at radius 1 is 0.970 bits per heavy atom. The molecule has 0 aliphatic rings. The first-order valence-electron chi connectivity index (χ1n) is 9.56. The van der Waals surface area contributed by atoms with Gasteiger partial charge in [0.25, 0.3) is 10.0 Å². The molecule has 0 unspecified atom stereocenters. The zero-order chi connectivity index (χ0) is 22.8. The minimum absolute atomic E-state index is 0.0335. The van der Waals surface area contributed by atoms with E-state index in [2.05, 4.69) is 20.2 Å². The Labute approximate surface area is 192 Å². The summed E-state index contributed by atoms with van der Waals surface area (Å²) >= 11 is 1.12. The molecule has 0 amide bonds. The third-order valence-corrected chi connectivity index (χ3v) is 7.22. The highest BCUT2D eigenvalue weighted by Gasteiger charge is 2.31. The first kappa shape index (κ1) is 20.9. The second-order valence-electron chi connectivity index (χ2n) is 6.74. The lowest BCUT2D eigenvalue weighted by Crippen LogP contribution is -2.26. The molecule has 0 saturated heterocycles. The molecule has 8 nitrogen and oxygen atoms in total. The number of sulfonamides is 1. The predicted octanol–water partition coefficient (Wildman–Crippen LogP) is 4.94. The maximum Gasteiger partial charge on any atom is 0.270 e. The van der Waals surface area contributed by atoms with Gasteiger partial charge in [-0.05, 0) is 41.8 Å². The number of ether oxygens (including phenoxy) is 1. The number of benzene rings is 2. The fraction of sp³-hybridized carbons (Fsp3) is 0. The summed E-state index contributed by atoms with van der Waals surface area (Å²) in [4.78, 5) is 8.29. The van der Waals surface area contributed by atoms with E-state index in [1.807, 2.05) is 0 Å². The summed E-state index contributed by atoms with van der Waals surface area (Å²) in [5, 5.41) is 10.9. The van der Waals surface area contributed by atoms with Gasteiger partial charge in [-0.3, -0.25) is 4.98 Å². The van der Waals surface area contributed by atoms with E-state index in [0.717, 1.165) is 33.2 Å². The molecule has 0 fully saturated rings. The van der Waals surface area contributed by atoms with Gasteiger partial charge < -0.3 is 4.74 Å². The van der Waals surface area contributed by atoms with Gasteiger partial charge >= 0.3 is 0 Å². The van der Waals surface area contributed by atoms with Crippen LogP contribution in [0, 0.1) is 5.82 Å². The van der Waals surface area contributed by atoms with Crippen LogP contribution < -0.4 is 9.04 Å². The van der Waals surface area contributed by atoms with Crippen LogP contribution in [0.5, 0.6) is 11.6 Å². The molecule has 0 N–H and O–H groups in total. The monoisotopic (exact) mass is 479 g/mol. The van der Waals surface area contributed by atoms with Crippen LogP contribution in [-0.4, -0.2) is 28.6 Å². The van der Waals surface area contributed by atoms with E-state index in [9.17, 15) is 12.8 Å². The molecular weight excluding hydrogens is 465 g/mol. The molecule has 164 valence electrons. The van der Waals surface area contributed by atoms with Crippen LogP contribution in [0.1, 0.15) is 0 Å². The number of halogens is 1. The third-order valence-electron chi connectivity index (χ3n) is 4.65. The van der Waals surface area contributed by atoms with Crippen molar-refractivity contribution in [1.82, 2.24) is 20.2 Å². The van der Waals surface area contributed by atoms with Gasteiger partial charge in [0.2, 0.25) is 11.0 Å². The lowest BCUT2D eigenvalue weighted by molar-refractivity contribution is 0.452. The maximum absolute atomic E-state index is 14.1. The standard InChI is InChI=1S/C22H14FN5O3S2/c23-17-4-6-19(20(13-17)31-21-2-1-8-26-27-21)28(22-25-10-11-32-22)33(29,30)18-5-3-16-14-24-9-7-15(16)12-18/h1-14H. The number of nitrogens with zero attached hydrogens (tertiary/aromatic N) is 5. The average molecular weight is 480 g/mol. The summed E-state index contributed by atoms with van der Waals surface area (Å²) in [6.07, 6.45) is 6.18. The van der Waals surface area contributed by atoms with Gasteiger partial charge in [-0.15, -0.1) is 16.4 Å². The van der Waals surface area contributed by atoms with Crippen LogP contribution >= 0.6 is 11.3 Å². The van der Waals surface area contributed by atoms with Crippen LogP contribution in [0.4, 0.5) is 15.2 Å². The Balaban J connectivity index is 1.68. The van der Waals surface area contributed by atoms with Gasteiger partial charge in [0.05, 0.1) is 4.90 Å². The molecule has 0 spiro atoms. The molecule has 3 aromatic heterocycles. The molecule has 0 bridgehead atoms. The van der Waals surface area contributed by atoms with Crippen molar-refractivity contribution in [3.8, 4) is 11.6 Å². The van der Waals surface area contributed by atoms with Gasteiger partial charge in [-0.1, -0.05) is 6.07 Å². The molecule has 0 aliphatic heterocycles. The van der Waals surface area contributed by atoms with E-state index in [1.54, 1.807) is 42.0 Å². The predicted molar refractivity (Wildman–Crippen MR) is 122 cm³/mol. The van der Waals surface area contributed by atoms with Crippen molar-refractivity contribution in [3.05, 3.63) is 90.6 Å². The molecule has 0 aliphatic carbocycles. The van der Waals surface area contributed by atoms with Crippen LogP contribution in [0.2, 0.25) is 0 Å². The first-order valence-corrected chi connectivity index (χ1v) is 11.9. The molecule has 5 aromatic rings. The van der Waals surface area contributed by atoms with Gasteiger partial charge in [-0.2, -0.15) is 5.10 Å². The van der Waals surface area contributed by atoms with Crippen molar-refractivity contribution in [2.24, 2.45) is 0 Å². The molecule has 11 heteroatoms. The minimum atomic E-state index is -4.17. The highest BCUT2D eigenvalue weighted by molar-refractivity contribution is 7.93. The van der Waals surface area contributed by atoms with Gasteiger partial charge in [0.1, 0.15) is 11.5 Å². The summed E-state index contributed by atoms with van der Waals surface area (Å²) in [5.41, 5.74) is 0.0758. The van der Waals surface area contributed by atoms with Gasteiger partial charge in [0.15, 0.2) is 5.75 Å². The van der Waals surface area contributed by atoms with Crippen LogP contribution in [0.25, 0.3) is 10.8 Å². The number of thiazole rings is 1. The van der Waals surface area contributed by atoms with Gasteiger partial charge in [0, 0.05) is 47.7 Å². The molecule has 3 heterocycles. The highest BCUT2D eigenvalue weighted by atomic mass is 32.2. The van der Waals surface area contributed by atoms with Crippen molar-refractivity contribution < 1.29 is 17.5 Å². The normalized spacial score (nSPS) is 11.4. The van der Waals surface area contributed by atoms with Crippen molar-refractivity contribution in [1.29, 1.82) is 0 Å². The second-order valence-corrected chi connectivity index (χ2v) is 9.40. The topological polar surface area (TPSA) is 98.2 Å². The Bertz CT molecular complexity index is 1530. The lowest BCUT2D eigenvalue weighted by atomic mass is 10.2. The summed E-state index contributed by atoms with van der Waals surface area (Å²) in [7, 11) is -4.17. The van der Waals surface area contributed by atoms with Crippen molar-refractivity contribution in [2.45, 2.75) is 4.90 Å². The first-order chi connectivity index (χ1) is 16.0. The number of hydrogen-bond donors (Lipinski definition) is 0. The van der Waals surface area contributed by atoms with Crippen LogP contribution in [0.3, 0.4) is 0 Å². The quantitative estimate of drug-likeness (QED) is 0.340. The largest absolute Gasteiger partial charge is 0.435 e. The smallest absolute Gasteiger partial charge is 0.270 e. The van der Waals surface area contributed by atoms with Crippen LogP contribution in [0.15, 0.2) is 89.7 Å². The van der Waals surface area contributed by atoms with Crippen molar-refractivity contribution in [3.63, 3.8) is 0 Å². The molecule has 0 radical (unpaired) electrons. The summed E-state index contributed by atoms with van der Waals surface area (Å²) in [6, 6.07) is 13.1. The van der Waals surface area contributed by atoms with E-state index in [1.165, 1.54) is 30.6 Å². The van der Waals surface area contributed by atoms with Gasteiger partial charge in [-0.25, -0.2) is 22.1 Å². The van der Waals surface area contributed by atoms with E-state index >= 15 is 0 Å². The minimum Gasteiger partial charge on any atom is -0.435 e. The number of pyridine rings is 1. The van der Waals surface area contributed by atoms with E-state index < -0.39 is 15.8 Å². The number of aromatic nitrogens is 4. The number of rotatable bonds is 6. The molecule has 0 atom stereocenters. The highest BCUT2D eigenvalue weighted by Crippen LogP contribution is 2.41. The maximum atomic E-state index is 14.1. The third kappa shape index (κ3) is 4.11. The Morgan fingerprint density at radius 2 is 1.88 bits per heavy atom. The summed E-state index contributed by atoms with van der Waals surface area (Å²) < 4.78 is 48.6. The molecular formula is C22H14FN5O3S2. The fourth-order valence-corrected chi connectivity index (χ4v) is 5.54. The van der Waals surface area contributed by atoms with E-state index in [0.29, 0.717) is 5.39 Å². The van der Waals surface area contributed by atoms with E-state index in [4.69, 9.17) is 4.74 Å². The Morgan fingerprint density at radius 3 is 2.67 bits per heavy atom. The second kappa shape index (κ2) is 8.52. The zero-order valence-corrected chi connectivity index (χ0v) is 18.4. The molecule has 33 heavy (non-hydrogen) atoms. The molecule has 0 saturated carbocycles. The SMILES string of the molecule is O=S(=O)(c1ccc2cnccc2c1)N(c1nccs1)c1ccc(F)cc1Oc1cccnn1. The average Bonchev–Trinajstić information content (AvgIpc) is 3.35. The summed E-state index contributed by atoms with van der Waals surface area (Å²) in [5.74, 6) is -0.578. The number of anilines is 2. The Hall–Kier alpha value is -3.96. The zero-order valence-electron chi connectivity index (χ0n) is 16.7. The Kier molecular flexibility index (Phi) is 5.40. The molecule has 5 rings (SSSR count). The summed E-state index contributed by atoms with van der Waals surface area (Å²) in [6.45, 7) is 0. The number of hydrogen-bond acceptors (Lipinski definition) is 8. The number of fused-ring (bicyclic) bond motifs is 1. The van der Waals surface area contributed by atoms with Crippen molar-refractivity contribution in [2.75, 3.05) is 4.31 Å². The van der Waals surface area contributed by atoms with Crippen LogP contribution in [-0.2, 0) is 10.0 Å². The van der Waals surface area contributed by atoms with Crippen molar-refractivity contribution >= 4 is 43.0 Å². The lowest BCUT2D eigenvalue weighted by Gasteiger charge is -2.24. The fourth-order valence-electron chi connectivity index (χ4n) is 3.17. The van der Waals surface area contributed by atoms with E-state index in [-0.39, 0.29) is 27.3 Å². The molecule has 2 aromatic carbocycles.